The van der Waals surface area contributed by atoms with Gasteiger partial charge >= 0.3 is 6.03 Å². The molecule has 0 bridgehead atoms. The van der Waals surface area contributed by atoms with Gasteiger partial charge in [0.1, 0.15) is 16.8 Å². The third-order valence-corrected chi connectivity index (χ3v) is 2.89. The predicted molar refractivity (Wildman–Crippen MR) is 63.5 cm³/mol. The molecule has 88 valence electrons. The molecule has 0 saturated carbocycles. The van der Waals surface area contributed by atoms with E-state index in [1.807, 2.05) is 0 Å². The highest BCUT2D eigenvalue weighted by atomic mass is 35.5. The van der Waals surface area contributed by atoms with Crippen LogP contribution in [-0.2, 0) is 7.05 Å². The minimum absolute atomic E-state index is 0.123. The number of carbonyl (C=O) groups is 1. The van der Waals surface area contributed by atoms with Crippen LogP contribution in [0, 0.1) is 12.3 Å². The largest absolute Gasteiger partial charge is 0.385 e. The maximum Gasteiger partial charge on any atom is 0.347 e. The molecule has 7 heteroatoms. The van der Waals surface area contributed by atoms with E-state index in [1.54, 1.807) is 11.6 Å². The Kier molecular flexibility index (Phi) is 2.77. The van der Waals surface area contributed by atoms with Crippen LogP contribution in [0.2, 0.25) is 5.15 Å². The molecule has 17 heavy (non-hydrogen) atoms. The summed E-state index contributed by atoms with van der Waals surface area (Å²) < 4.78 is 1.64. The number of imidazole rings is 1. The summed E-state index contributed by atoms with van der Waals surface area (Å²) in [7, 11) is 1.73. The number of aromatic nitrogens is 2. The summed E-state index contributed by atoms with van der Waals surface area (Å²) in [6, 6.07) is -0.999. The van der Waals surface area contributed by atoms with E-state index in [4.69, 9.17) is 23.8 Å². The first kappa shape index (κ1) is 11.5. The molecule has 0 fully saturated rings. The lowest BCUT2D eigenvalue weighted by Gasteiger charge is -2.21. The fraction of sp³-hybridized carbons (Fsp3) is 0.300. The fourth-order valence-corrected chi connectivity index (χ4v) is 1.83. The molecule has 0 aromatic carbocycles. The number of amides is 2. The molecular weight excluding hydrogens is 242 g/mol. The van der Waals surface area contributed by atoms with Crippen molar-refractivity contribution < 1.29 is 4.79 Å². The molecule has 2 amide bonds. The standard InChI is InChI=1S/C10H10ClN5O/c1-3-4-16-7(8(12)14-10(16)17)9-13-5-6(11)15(9)2/h1,5,7H,4H2,2H3,(H2,12,14,17). The number of carbonyl (C=O) groups excluding carboxylic acids is 1. The van der Waals surface area contributed by atoms with Crippen molar-refractivity contribution in [2.75, 3.05) is 6.54 Å². The van der Waals surface area contributed by atoms with Crippen LogP contribution in [0.15, 0.2) is 11.2 Å². The van der Waals surface area contributed by atoms with Crippen LogP contribution in [0.1, 0.15) is 11.9 Å². The highest BCUT2D eigenvalue weighted by Gasteiger charge is 2.36. The molecule has 0 spiro atoms. The Hall–Kier alpha value is -2.00. The summed E-state index contributed by atoms with van der Waals surface area (Å²) in [4.78, 5) is 20.7. The number of terminal acetylenes is 1. The van der Waals surface area contributed by atoms with Crippen LogP contribution >= 0.6 is 11.6 Å². The lowest BCUT2D eigenvalue weighted by molar-refractivity contribution is 0.211. The number of hydrogen-bond donors (Lipinski definition) is 1. The van der Waals surface area contributed by atoms with Crippen LogP contribution in [-0.4, -0.2) is 32.9 Å². The quantitative estimate of drug-likeness (QED) is 0.780. The highest BCUT2D eigenvalue weighted by molar-refractivity contribution is 6.29. The van der Waals surface area contributed by atoms with Crippen LogP contribution < -0.4 is 5.73 Å². The Morgan fingerprint density at radius 2 is 2.41 bits per heavy atom. The predicted octanol–water partition coefficient (Wildman–Crippen LogP) is 0.541. The van der Waals surface area contributed by atoms with E-state index in [2.05, 4.69) is 15.9 Å². The molecule has 1 atom stereocenters. The smallest absolute Gasteiger partial charge is 0.347 e. The lowest BCUT2D eigenvalue weighted by Crippen LogP contribution is -2.35. The number of rotatable bonds is 2. The molecule has 0 radical (unpaired) electrons. The number of hydrogen-bond acceptors (Lipinski definition) is 3. The molecule has 6 nitrogen and oxygen atoms in total. The minimum atomic E-state index is -0.545. The van der Waals surface area contributed by atoms with Crippen LogP contribution in [0.25, 0.3) is 0 Å². The van der Waals surface area contributed by atoms with Crippen molar-refractivity contribution in [1.29, 1.82) is 0 Å². The van der Waals surface area contributed by atoms with Gasteiger partial charge in [-0.2, -0.15) is 4.99 Å². The second-order valence-electron chi connectivity index (χ2n) is 3.55. The topological polar surface area (TPSA) is 76.5 Å². The van der Waals surface area contributed by atoms with Gasteiger partial charge in [0.15, 0.2) is 6.04 Å². The van der Waals surface area contributed by atoms with Crippen LogP contribution in [0.4, 0.5) is 4.79 Å². The zero-order valence-electron chi connectivity index (χ0n) is 9.09. The van der Waals surface area contributed by atoms with Gasteiger partial charge in [-0.15, -0.1) is 6.42 Å². The average Bonchev–Trinajstić information content (AvgIpc) is 2.72. The van der Waals surface area contributed by atoms with Crippen molar-refractivity contribution in [2.24, 2.45) is 17.8 Å². The van der Waals surface area contributed by atoms with Crippen molar-refractivity contribution in [2.45, 2.75) is 6.04 Å². The van der Waals surface area contributed by atoms with Gasteiger partial charge in [0.05, 0.1) is 12.7 Å². The summed E-state index contributed by atoms with van der Waals surface area (Å²) in [6.45, 7) is 0.123. The molecule has 1 aromatic heterocycles. The minimum Gasteiger partial charge on any atom is -0.385 e. The summed E-state index contributed by atoms with van der Waals surface area (Å²) >= 11 is 5.89. The normalized spacial score (nSPS) is 19.4. The fourth-order valence-electron chi connectivity index (χ4n) is 1.69. The third kappa shape index (κ3) is 1.74. The molecular formula is C10H10ClN5O. The van der Waals surface area contributed by atoms with Crippen molar-refractivity contribution in [1.82, 2.24) is 14.5 Å². The Balaban J connectivity index is 2.43. The average molecular weight is 252 g/mol. The molecule has 1 aromatic rings. The zero-order valence-corrected chi connectivity index (χ0v) is 9.85. The molecule has 1 aliphatic rings. The maximum atomic E-state index is 11.6. The van der Waals surface area contributed by atoms with Crippen molar-refractivity contribution in [3.8, 4) is 12.3 Å². The Morgan fingerprint density at radius 3 is 2.94 bits per heavy atom. The van der Waals surface area contributed by atoms with Gasteiger partial charge in [-0.25, -0.2) is 9.78 Å². The van der Waals surface area contributed by atoms with Gasteiger partial charge in [0, 0.05) is 7.05 Å². The molecule has 1 aliphatic heterocycles. The highest BCUT2D eigenvalue weighted by Crippen LogP contribution is 2.26. The number of amidine groups is 1. The van der Waals surface area contributed by atoms with E-state index in [-0.39, 0.29) is 12.4 Å². The van der Waals surface area contributed by atoms with Crippen molar-refractivity contribution >= 4 is 23.5 Å². The van der Waals surface area contributed by atoms with E-state index in [0.717, 1.165) is 0 Å². The first-order valence-electron chi connectivity index (χ1n) is 4.81. The second-order valence-corrected chi connectivity index (χ2v) is 3.94. The number of urea groups is 1. The summed E-state index contributed by atoms with van der Waals surface area (Å²) in [6.07, 6.45) is 6.70. The molecule has 0 aliphatic carbocycles. The van der Waals surface area contributed by atoms with Gasteiger partial charge in [-0.05, 0) is 0 Å². The molecule has 2 heterocycles. The third-order valence-electron chi connectivity index (χ3n) is 2.54. The van der Waals surface area contributed by atoms with E-state index in [0.29, 0.717) is 11.0 Å². The van der Waals surface area contributed by atoms with Gasteiger partial charge in [0.25, 0.3) is 0 Å². The van der Waals surface area contributed by atoms with Gasteiger partial charge < -0.3 is 10.3 Å². The van der Waals surface area contributed by atoms with Crippen LogP contribution in [0.5, 0.6) is 0 Å². The SMILES string of the molecule is C#CCN1C(=O)N=C(N)C1c1ncc(Cl)n1C. The zero-order chi connectivity index (χ0) is 12.6. The van der Waals surface area contributed by atoms with E-state index >= 15 is 0 Å². The Bertz CT molecular complexity index is 541. The first-order chi connectivity index (χ1) is 8.06. The molecule has 0 saturated heterocycles. The number of nitrogens with zero attached hydrogens (tertiary/aromatic N) is 4. The van der Waals surface area contributed by atoms with Crippen molar-refractivity contribution in [3.63, 3.8) is 0 Å². The monoisotopic (exact) mass is 251 g/mol. The molecule has 2 N–H and O–H groups in total. The van der Waals surface area contributed by atoms with Gasteiger partial charge in [-0.3, -0.25) is 4.90 Å². The number of halogens is 1. The first-order valence-corrected chi connectivity index (χ1v) is 5.19. The lowest BCUT2D eigenvalue weighted by atomic mass is 10.2. The number of nitrogens with two attached hydrogens (primary N) is 1. The van der Waals surface area contributed by atoms with E-state index in [1.165, 1.54) is 11.1 Å². The maximum absolute atomic E-state index is 11.6. The second kappa shape index (κ2) is 4.11. The summed E-state index contributed by atoms with van der Waals surface area (Å²) in [5.41, 5.74) is 5.72. The van der Waals surface area contributed by atoms with Crippen molar-refractivity contribution in [3.05, 3.63) is 17.2 Å². The van der Waals surface area contributed by atoms with Gasteiger partial charge in [0.2, 0.25) is 0 Å². The molecule has 2 rings (SSSR count). The van der Waals surface area contributed by atoms with E-state index < -0.39 is 12.1 Å². The van der Waals surface area contributed by atoms with Gasteiger partial charge in [-0.1, -0.05) is 17.5 Å². The summed E-state index contributed by atoms with van der Waals surface area (Å²) in [5, 5.41) is 0.452. The molecule has 1 unspecified atom stereocenters. The van der Waals surface area contributed by atoms with E-state index in [9.17, 15) is 4.79 Å². The Labute approximate surface area is 103 Å². The number of aliphatic imine (C=N–C) groups is 1. The van der Waals surface area contributed by atoms with Crippen LogP contribution in [0.3, 0.4) is 0 Å². The Morgan fingerprint density at radius 1 is 1.71 bits per heavy atom. The summed E-state index contributed by atoms with van der Waals surface area (Å²) in [5.74, 6) is 3.11.